The lowest BCUT2D eigenvalue weighted by atomic mass is 10.5. The molecule has 0 unspecified atom stereocenters. The van der Waals surface area contributed by atoms with Gasteiger partial charge >= 0.3 is 0 Å². The van der Waals surface area contributed by atoms with Crippen LogP contribution >= 0.6 is 0 Å². The average molecular weight is 261 g/mol. The van der Waals surface area contributed by atoms with Crippen molar-refractivity contribution >= 4 is 15.5 Å². The van der Waals surface area contributed by atoms with Crippen LogP contribution in [0.2, 0.25) is 6.04 Å². The number of methoxy groups -OCH3 is 2. The topological polar surface area (TPSA) is 37.3 Å². The van der Waals surface area contributed by atoms with Crippen molar-refractivity contribution in [1.82, 2.24) is 9.80 Å². The molecule has 0 aliphatic rings. The Hall–Kier alpha value is -0.593. The van der Waals surface area contributed by atoms with E-state index in [1.165, 1.54) is 6.04 Å². The minimum Gasteiger partial charge on any atom is -0.360 e. The fraction of sp³-hybridized carbons (Fsp3) is 0.909. The summed E-state index contributed by atoms with van der Waals surface area (Å²) in [5, 5.41) is 0. The second-order valence-corrected chi connectivity index (χ2v) is 6.32. The van der Waals surface area contributed by atoms with Crippen molar-refractivity contribution in [1.29, 1.82) is 0 Å². The molecule has 0 amide bonds. The van der Waals surface area contributed by atoms with E-state index in [2.05, 4.69) is 4.99 Å². The first kappa shape index (κ1) is 16.4. The molecule has 0 atom stereocenters. The van der Waals surface area contributed by atoms with Gasteiger partial charge in [0.1, 0.15) is 5.91 Å². The summed E-state index contributed by atoms with van der Waals surface area (Å²) >= 11 is 0. The first-order valence-corrected chi connectivity index (χ1v) is 7.79. The van der Waals surface area contributed by atoms with Crippen LogP contribution in [0.15, 0.2) is 4.99 Å². The molecule has 0 radical (unpaired) electrons. The summed E-state index contributed by atoms with van der Waals surface area (Å²) in [5.41, 5.74) is 0. The summed E-state index contributed by atoms with van der Waals surface area (Å²) < 4.78 is 10.4. The second kappa shape index (κ2) is 9.44. The number of ether oxygens (including phenoxy) is 2. The van der Waals surface area contributed by atoms with Gasteiger partial charge < -0.3 is 19.3 Å². The molecule has 5 nitrogen and oxygen atoms in total. The highest BCUT2D eigenvalue weighted by molar-refractivity contribution is 6.36. The number of guanidine groups is 1. The van der Waals surface area contributed by atoms with Crippen molar-refractivity contribution in [3.63, 3.8) is 0 Å². The van der Waals surface area contributed by atoms with Crippen molar-refractivity contribution in [2.45, 2.75) is 18.4 Å². The Morgan fingerprint density at radius 1 is 1.12 bits per heavy atom. The molecule has 0 aromatic rings. The van der Waals surface area contributed by atoms with Gasteiger partial charge in [-0.2, -0.15) is 0 Å². The van der Waals surface area contributed by atoms with Crippen molar-refractivity contribution in [2.75, 3.05) is 49.0 Å². The van der Waals surface area contributed by atoms with E-state index in [1.54, 1.807) is 14.2 Å². The van der Waals surface area contributed by atoms with E-state index in [0.29, 0.717) is 0 Å². The Balaban J connectivity index is 3.84. The van der Waals surface area contributed by atoms with E-state index in [1.807, 2.05) is 38.0 Å². The molecule has 0 N–H and O–H groups in total. The minimum absolute atomic E-state index is 0.0566. The molecule has 0 heterocycles. The molecule has 0 aliphatic heterocycles. The molecule has 102 valence electrons. The summed E-state index contributed by atoms with van der Waals surface area (Å²) in [7, 11) is 11.2. The van der Waals surface area contributed by atoms with Crippen molar-refractivity contribution in [2.24, 2.45) is 4.99 Å². The molecule has 6 heteroatoms. The monoisotopic (exact) mass is 261 g/mol. The van der Waals surface area contributed by atoms with E-state index >= 15 is 0 Å². The zero-order chi connectivity index (χ0) is 13.3. The molecule has 0 bridgehead atoms. The highest BCUT2D eigenvalue weighted by atomic mass is 28.2. The van der Waals surface area contributed by atoms with Crippen LogP contribution in [0, 0.1) is 0 Å². The fourth-order valence-corrected chi connectivity index (χ4v) is 2.93. The van der Waals surface area contributed by atoms with Crippen LogP contribution in [0.5, 0.6) is 0 Å². The molecular formula is C11H27N3O2Si. The summed E-state index contributed by atoms with van der Waals surface area (Å²) in [6.07, 6.45) is 1.11. The zero-order valence-corrected chi connectivity index (χ0v) is 13.5. The number of aliphatic imine (C=N–C) groups is 1. The summed E-state index contributed by atoms with van der Waals surface area (Å²) in [6, 6.07) is 1.20. The summed E-state index contributed by atoms with van der Waals surface area (Å²) in [5.74, 6) is 1.07. The third kappa shape index (κ3) is 7.35. The van der Waals surface area contributed by atoms with Crippen LogP contribution in [-0.4, -0.2) is 80.1 Å². The van der Waals surface area contributed by atoms with Crippen molar-refractivity contribution < 1.29 is 9.47 Å². The lowest BCUT2D eigenvalue weighted by Crippen LogP contribution is -2.35. The SMILES string of the molecule is COC(OC)[SiH2]CCCN=C(N(C)C)N(C)C. The lowest BCUT2D eigenvalue weighted by Gasteiger charge is -2.22. The standard InChI is InChI=1S/C11H27N3O2Si/c1-13(2)10(14(3)4)12-8-7-9-17-11(15-5)16-6/h11H,7-9,17H2,1-6H3. The largest absolute Gasteiger partial charge is 0.360 e. The smallest absolute Gasteiger partial charge is 0.195 e. The number of rotatable bonds is 7. The van der Waals surface area contributed by atoms with Gasteiger partial charge in [0.15, 0.2) is 5.96 Å². The number of nitrogens with zero attached hydrogens (tertiary/aromatic N) is 3. The van der Waals surface area contributed by atoms with Gasteiger partial charge in [0.2, 0.25) is 0 Å². The van der Waals surface area contributed by atoms with Crippen LogP contribution in [-0.2, 0) is 9.47 Å². The third-order valence-corrected chi connectivity index (χ3v) is 4.47. The molecule has 0 aromatic carbocycles. The Bertz CT molecular complexity index is 209. The molecule has 0 saturated heterocycles. The molecule has 17 heavy (non-hydrogen) atoms. The van der Waals surface area contributed by atoms with E-state index < -0.39 is 0 Å². The highest BCUT2D eigenvalue weighted by Gasteiger charge is 2.06. The van der Waals surface area contributed by atoms with Crippen LogP contribution in [0.25, 0.3) is 0 Å². The van der Waals surface area contributed by atoms with Crippen LogP contribution < -0.4 is 0 Å². The predicted octanol–water partition coefficient (Wildman–Crippen LogP) is 0.0192. The first-order chi connectivity index (χ1) is 8.02. The van der Waals surface area contributed by atoms with Gasteiger partial charge in [-0.1, -0.05) is 6.04 Å². The quantitative estimate of drug-likeness (QED) is 0.213. The Morgan fingerprint density at radius 2 is 1.65 bits per heavy atom. The molecular weight excluding hydrogens is 234 g/mol. The lowest BCUT2D eigenvalue weighted by molar-refractivity contribution is -0.0441. The van der Waals surface area contributed by atoms with Crippen molar-refractivity contribution in [3.05, 3.63) is 0 Å². The predicted molar refractivity (Wildman–Crippen MR) is 75.5 cm³/mol. The zero-order valence-electron chi connectivity index (χ0n) is 12.1. The maximum atomic E-state index is 5.19. The van der Waals surface area contributed by atoms with Gasteiger partial charge in [-0.3, -0.25) is 4.99 Å². The minimum atomic E-state index is -0.299. The number of hydrogen-bond donors (Lipinski definition) is 0. The molecule has 0 rings (SSSR count). The number of hydrogen-bond acceptors (Lipinski definition) is 3. The molecule has 0 aromatic heterocycles. The average Bonchev–Trinajstić information content (AvgIpc) is 2.27. The van der Waals surface area contributed by atoms with Crippen LogP contribution in [0.1, 0.15) is 6.42 Å². The maximum Gasteiger partial charge on any atom is 0.195 e. The van der Waals surface area contributed by atoms with E-state index in [0.717, 1.165) is 18.9 Å². The molecule has 0 saturated carbocycles. The molecule has 0 fully saturated rings. The van der Waals surface area contributed by atoms with E-state index in [9.17, 15) is 0 Å². The van der Waals surface area contributed by atoms with Gasteiger partial charge in [-0.05, 0) is 6.42 Å². The Morgan fingerprint density at radius 3 is 2.06 bits per heavy atom. The second-order valence-electron chi connectivity index (χ2n) is 4.37. The summed E-state index contributed by atoms with van der Waals surface area (Å²) in [6.45, 7) is 0.874. The fourth-order valence-electron chi connectivity index (χ4n) is 1.62. The normalized spacial score (nSPS) is 11.2. The van der Waals surface area contributed by atoms with Crippen LogP contribution in [0.4, 0.5) is 0 Å². The summed E-state index contributed by atoms with van der Waals surface area (Å²) in [4.78, 5) is 8.64. The van der Waals surface area contributed by atoms with Gasteiger partial charge in [-0.15, -0.1) is 0 Å². The molecule has 0 spiro atoms. The van der Waals surface area contributed by atoms with Crippen LogP contribution in [0.3, 0.4) is 0 Å². The third-order valence-electron chi connectivity index (χ3n) is 2.43. The Labute approximate surface area is 108 Å². The Kier molecular flexibility index (Phi) is 9.11. The van der Waals surface area contributed by atoms with E-state index in [4.69, 9.17) is 9.47 Å². The molecule has 0 aliphatic carbocycles. The highest BCUT2D eigenvalue weighted by Crippen LogP contribution is 1.98. The van der Waals surface area contributed by atoms with Crippen molar-refractivity contribution in [3.8, 4) is 0 Å². The van der Waals surface area contributed by atoms with Gasteiger partial charge in [0.25, 0.3) is 0 Å². The van der Waals surface area contributed by atoms with Gasteiger partial charge in [-0.25, -0.2) is 0 Å². The van der Waals surface area contributed by atoms with Gasteiger partial charge in [0, 0.05) is 49.0 Å². The first-order valence-electron chi connectivity index (χ1n) is 5.97. The van der Waals surface area contributed by atoms with Gasteiger partial charge in [0.05, 0.1) is 9.52 Å². The maximum absolute atomic E-state index is 5.19. The van der Waals surface area contributed by atoms with E-state index in [-0.39, 0.29) is 15.4 Å².